The highest BCUT2D eigenvalue weighted by atomic mass is 19.1. The maximum absolute atomic E-state index is 13.3. The third-order valence-electron chi connectivity index (χ3n) is 5.30. The number of amides is 2. The van der Waals surface area contributed by atoms with Gasteiger partial charge >= 0.3 is 0 Å². The first-order valence-electron chi connectivity index (χ1n) is 11.0. The number of nitro groups is 1. The van der Waals surface area contributed by atoms with Crippen molar-refractivity contribution in [3.63, 3.8) is 0 Å². The van der Waals surface area contributed by atoms with Crippen LogP contribution in [0.2, 0.25) is 0 Å². The van der Waals surface area contributed by atoms with Gasteiger partial charge < -0.3 is 14.2 Å². The molecule has 0 N–H and O–H groups in total. The number of benzene rings is 2. The molecule has 1 aromatic heterocycles. The van der Waals surface area contributed by atoms with Gasteiger partial charge in [-0.2, -0.15) is 0 Å². The lowest BCUT2D eigenvalue weighted by molar-refractivity contribution is -0.384. The number of hydrogen-bond acceptors (Lipinski definition) is 5. The Kier molecular flexibility index (Phi) is 8.50. The van der Waals surface area contributed by atoms with E-state index >= 15 is 0 Å². The molecule has 2 aromatic carbocycles. The van der Waals surface area contributed by atoms with Crippen LogP contribution in [0.25, 0.3) is 6.08 Å². The van der Waals surface area contributed by atoms with Crippen molar-refractivity contribution in [1.29, 1.82) is 0 Å². The lowest BCUT2D eigenvalue weighted by Gasteiger charge is -2.29. The van der Waals surface area contributed by atoms with Gasteiger partial charge in [-0.25, -0.2) is 4.39 Å². The summed E-state index contributed by atoms with van der Waals surface area (Å²) in [6, 6.07) is 14.9. The van der Waals surface area contributed by atoms with E-state index in [-0.39, 0.29) is 49.0 Å². The third kappa shape index (κ3) is 7.36. The van der Waals surface area contributed by atoms with Crippen LogP contribution in [0.15, 0.2) is 77.4 Å². The van der Waals surface area contributed by atoms with Crippen LogP contribution in [0, 0.1) is 15.9 Å². The predicted octanol–water partition coefficient (Wildman–Crippen LogP) is 4.81. The first kappa shape index (κ1) is 25.4. The number of nitrogens with zero attached hydrogens (tertiary/aromatic N) is 3. The maximum Gasteiger partial charge on any atom is 0.269 e. The van der Waals surface area contributed by atoms with Gasteiger partial charge in [0, 0.05) is 30.8 Å². The van der Waals surface area contributed by atoms with E-state index in [1.54, 1.807) is 47.4 Å². The summed E-state index contributed by atoms with van der Waals surface area (Å²) in [5, 5.41) is 10.8. The minimum atomic E-state index is -0.495. The molecule has 3 aromatic rings. The molecule has 0 aliphatic rings. The third-order valence-corrected chi connectivity index (χ3v) is 5.30. The monoisotopic (exact) mass is 479 g/mol. The van der Waals surface area contributed by atoms with Crippen LogP contribution in [0.3, 0.4) is 0 Å². The van der Waals surface area contributed by atoms with Gasteiger partial charge in [0.1, 0.15) is 18.1 Å². The summed E-state index contributed by atoms with van der Waals surface area (Å²) in [7, 11) is 0. The summed E-state index contributed by atoms with van der Waals surface area (Å²) in [6.07, 6.45) is 4.40. The molecule has 0 radical (unpaired) electrons. The Bertz CT molecular complexity index is 1170. The second kappa shape index (κ2) is 11.7. The van der Waals surface area contributed by atoms with E-state index < -0.39 is 4.92 Å². The smallest absolute Gasteiger partial charge is 0.269 e. The lowest BCUT2D eigenvalue weighted by Crippen LogP contribution is -2.45. The van der Waals surface area contributed by atoms with Gasteiger partial charge in [-0.05, 0) is 67.4 Å². The van der Waals surface area contributed by atoms with E-state index in [0.717, 1.165) is 5.56 Å². The highest BCUT2D eigenvalue weighted by Gasteiger charge is 2.23. The molecule has 0 atom stereocenters. The van der Waals surface area contributed by atoms with Crippen molar-refractivity contribution in [2.24, 2.45) is 0 Å². The lowest BCUT2D eigenvalue weighted by atomic mass is 10.2. The minimum absolute atomic E-state index is 0.0410. The van der Waals surface area contributed by atoms with Crippen molar-refractivity contribution < 1.29 is 23.3 Å². The first-order valence-corrected chi connectivity index (χ1v) is 11.0. The molecule has 182 valence electrons. The Labute approximate surface area is 202 Å². The van der Waals surface area contributed by atoms with Crippen LogP contribution < -0.4 is 0 Å². The zero-order chi connectivity index (χ0) is 25.4. The summed E-state index contributed by atoms with van der Waals surface area (Å²) in [5.41, 5.74) is 1.32. The van der Waals surface area contributed by atoms with Gasteiger partial charge in [0.15, 0.2) is 0 Å². The van der Waals surface area contributed by atoms with Crippen LogP contribution >= 0.6 is 0 Å². The standard InChI is InChI=1S/C26H26FN3O5/c1-19(2)29(25(31)14-9-20-7-12-23(13-8-20)30(33)34)18-26(32)28(17-24-4-3-15-35-24)16-21-5-10-22(27)11-6-21/h3-15,19H,16-18H2,1-2H3. The highest BCUT2D eigenvalue weighted by Crippen LogP contribution is 2.15. The van der Waals surface area contributed by atoms with Crippen molar-refractivity contribution in [2.45, 2.75) is 33.0 Å². The molecular weight excluding hydrogens is 453 g/mol. The molecule has 1 heterocycles. The second-order valence-electron chi connectivity index (χ2n) is 8.20. The first-order chi connectivity index (χ1) is 16.7. The van der Waals surface area contributed by atoms with E-state index in [1.807, 2.05) is 13.8 Å². The van der Waals surface area contributed by atoms with Crippen LogP contribution in [0.1, 0.15) is 30.7 Å². The fraction of sp³-hybridized carbons (Fsp3) is 0.231. The molecule has 9 heteroatoms. The van der Waals surface area contributed by atoms with Crippen molar-refractivity contribution in [2.75, 3.05) is 6.54 Å². The SMILES string of the molecule is CC(C)N(CC(=O)N(Cc1ccc(F)cc1)Cc1ccco1)C(=O)C=Cc1ccc([N+](=O)[O-])cc1. The molecule has 0 aliphatic carbocycles. The molecule has 3 rings (SSSR count). The minimum Gasteiger partial charge on any atom is -0.467 e. The topological polar surface area (TPSA) is 96.9 Å². The van der Waals surface area contributed by atoms with Crippen molar-refractivity contribution in [3.05, 3.63) is 106 Å². The van der Waals surface area contributed by atoms with Crippen LogP contribution in [-0.2, 0) is 22.7 Å². The molecule has 2 amide bonds. The Morgan fingerprint density at radius 2 is 1.74 bits per heavy atom. The van der Waals surface area contributed by atoms with Crippen LogP contribution in [-0.4, -0.2) is 39.1 Å². The zero-order valence-electron chi connectivity index (χ0n) is 19.5. The number of carbonyl (C=O) groups is 2. The average Bonchev–Trinajstić information content (AvgIpc) is 3.35. The van der Waals surface area contributed by atoms with Crippen molar-refractivity contribution in [3.8, 4) is 0 Å². The Morgan fingerprint density at radius 1 is 1.06 bits per heavy atom. The number of non-ortho nitro benzene ring substituents is 1. The molecule has 0 fully saturated rings. The quantitative estimate of drug-likeness (QED) is 0.236. The van der Waals surface area contributed by atoms with Gasteiger partial charge in [0.25, 0.3) is 5.69 Å². The Morgan fingerprint density at radius 3 is 2.31 bits per heavy atom. The molecular formula is C26H26FN3O5. The molecule has 8 nitrogen and oxygen atoms in total. The number of carbonyl (C=O) groups excluding carboxylic acids is 2. The van der Waals surface area contributed by atoms with Gasteiger partial charge in [-0.15, -0.1) is 0 Å². The van der Waals surface area contributed by atoms with Crippen LogP contribution in [0.4, 0.5) is 10.1 Å². The number of furan rings is 1. The normalized spacial score (nSPS) is 11.1. The van der Waals surface area contributed by atoms with E-state index in [0.29, 0.717) is 11.3 Å². The number of nitro benzene ring substituents is 1. The summed E-state index contributed by atoms with van der Waals surface area (Å²) in [6.45, 7) is 3.87. The summed E-state index contributed by atoms with van der Waals surface area (Å²) >= 11 is 0. The molecule has 0 aliphatic heterocycles. The second-order valence-corrected chi connectivity index (χ2v) is 8.20. The fourth-order valence-electron chi connectivity index (χ4n) is 3.36. The molecule has 0 saturated heterocycles. The van der Waals surface area contributed by atoms with Crippen LogP contribution in [0.5, 0.6) is 0 Å². The molecule has 0 unspecified atom stereocenters. The largest absolute Gasteiger partial charge is 0.467 e. The van der Waals surface area contributed by atoms with Gasteiger partial charge in [-0.1, -0.05) is 12.1 Å². The Balaban J connectivity index is 1.73. The summed E-state index contributed by atoms with van der Waals surface area (Å²) < 4.78 is 18.7. The number of halogens is 1. The summed E-state index contributed by atoms with van der Waals surface area (Å²) in [4.78, 5) is 39.5. The number of hydrogen-bond donors (Lipinski definition) is 0. The zero-order valence-corrected chi connectivity index (χ0v) is 19.5. The number of rotatable bonds is 10. The molecule has 35 heavy (non-hydrogen) atoms. The summed E-state index contributed by atoms with van der Waals surface area (Å²) in [5.74, 6) is -0.446. The van der Waals surface area contributed by atoms with Gasteiger partial charge in [0.05, 0.1) is 17.7 Å². The van der Waals surface area contributed by atoms with Gasteiger partial charge in [-0.3, -0.25) is 19.7 Å². The van der Waals surface area contributed by atoms with Crippen molar-refractivity contribution in [1.82, 2.24) is 9.80 Å². The molecule has 0 saturated carbocycles. The molecule has 0 spiro atoms. The fourth-order valence-corrected chi connectivity index (χ4v) is 3.36. The predicted molar refractivity (Wildman–Crippen MR) is 128 cm³/mol. The maximum atomic E-state index is 13.3. The average molecular weight is 480 g/mol. The van der Waals surface area contributed by atoms with Gasteiger partial charge in [0.2, 0.25) is 11.8 Å². The van der Waals surface area contributed by atoms with Crippen molar-refractivity contribution >= 4 is 23.6 Å². The van der Waals surface area contributed by atoms with E-state index in [9.17, 15) is 24.1 Å². The van der Waals surface area contributed by atoms with E-state index in [4.69, 9.17) is 4.42 Å². The Hall–Kier alpha value is -4.27. The molecule has 0 bridgehead atoms. The van der Waals surface area contributed by atoms with E-state index in [1.165, 1.54) is 41.5 Å². The van der Waals surface area contributed by atoms with E-state index in [2.05, 4.69) is 0 Å². The highest BCUT2D eigenvalue weighted by molar-refractivity contribution is 5.94.